The summed E-state index contributed by atoms with van der Waals surface area (Å²) in [5.74, 6) is 0.0343. The summed E-state index contributed by atoms with van der Waals surface area (Å²) in [5, 5.41) is 23.2. The number of halogens is 1. The predicted molar refractivity (Wildman–Crippen MR) is 120 cm³/mol. The van der Waals surface area contributed by atoms with E-state index in [-0.39, 0.29) is 24.4 Å². The highest BCUT2D eigenvalue weighted by molar-refractivity contribution is 6.32. The van der Waals surface area contributed by atoms with Gasteiger partial charge in [-0.15, -0.1) is 0 Å². The molecule has 0 unspecified atom stereocenters. The second-order valence-corrected chi connectivity index (χ2v) is 9.77. The molecule has 0 bridgehead atoms. The average Bonchev–Trinajstić information content (AvgIpc) is 3.46. The van der Waals surface area contributed by atoms with Crippen LogP contribution in [0.1, 0.15) is 42.7 Å². The minimum atomic E-state index is -1.16. The van der Waals surface area contributed by atoms with Gasteiger partial charge in [-0.2, -0.15) is 9.78 Å². The summed E-state index contributed by atoms with van der Waals surface area (Å²) in [5.41, 5.74) is -0.279. The Hall–Kier alpha value is -2.62. The van der Waals surface area contributed by atoms with E-state index in [0.29, 0.717) is 42.3 Å². The summed E-state index contributed by atoms with van der Waals surface area (Å²) in [6, 6.07) is 6.52. The Morgan fingerprint density at radius 3 is 2.52 bits per heavy atom. The number of fused-ring (bicyclic) bond motifs is 1. The summed E-state index contributed by atoms with van der Waals surface area (Å²) in [6.45, 7) is 5.04. The van der Waals surface area contributed by atoms with E-state index < -0.39 is 11.6 Å². The standard InChI is InChI=1S/C23H28ClN3O6/c1-23(2,31)13-33-19-5-3-4-14(20(19)24)12-32-17-8-15-10-26(11-16(15)9-17)22(30)27-7-6-18(25-27)21(28)29/h3-7,15-17,31H,8-13H2,1-2H3,(H,28,29)/t15-,16+,17+. The van der Waals surface area contributed by atoms with E-state index in [1.807, 2.05) is 12.1 Å². The summed E-state index contributed by atoms with van der Waals surface area (Å²) in [7, 11) is 0. The molecule has 1 aromatic heterocycles. The first-order valence-electron chi connectivity index (χ1n) is 10.9. The van der Waals surface area contributed by atoms with Gasteiger partial charge in [-0.25, -0.2) is 9.59 Å². The summed E-state index contributed by atoms with van der Waals surface area (Å²) < 4.78 is 12.9. The maximum Gasteiger partial charge on any atom is 0.356 e. The molecule has 2 aliphatic rings. The molecule has 178 valence electrons. The zero-order valence-corrected chi connectivity index (χ0v) is 19.4. The molecule has 1 saturated carbocycles. The number of hydrogen-bond acceptors (Lipinski definition) is 6. The molecular formula is C23H28ClN3O6. The molecule has 1 aliphatic carbocycles. The first kappa shape index (κ1) is 23.5. The Morgan fingerprint density at radius 2 is 1.91 bits per heavy atom. The van der Waals surface area contributed by atoms with Crippen LogP contribution in [0.25, 0.3) is 0 Å². The number of amides is 1. The van der Waals surface area contributed by atoms with Crippen molar-refractivity contribution in [1.29, 1.82) is 0 Å². The van der Waals surface area contributed by atoms with Crippen LogP contribution in [0.15, 0.2) is 30.5 Å². The molecule has 1 amide bonds. The number of carboxylic acid groups (broad SMARTS) is 1. The van der Waals surface area contributed by atoms with Crippen molar-refractivity contribution in [3.63, 3.8) is 0 Å². The second-order valence-electron chi connectivity index (χ2n) is 9.39. The number of carbonyl (C=O) groups is 2. The van der Waals surface area contributed by atoms with Crippen molar-refractivity contribution in [3.8, 4) is 5.75 Å². The van der Waals surface area contributed by atoms with Crippen molar-refractivity contribution in [1.82, 2.24) is 14.7 Å². The number of carboxylic acids is 1. The molecule has 9 nitrogen and oxygen atoms in total. The van der Waals surface area contributed by atoms with Gasteiger partial charge in [-0.05, 0) is 50.7 Å². The van der Waals surface area contributed by atoms with Crippen LogP contribution in [0.3, 0.4) is 0 Å². The molecule has 4 rings (SSSR count). The van der Waals surface area contributed by atoms with Gasteiger partial charge in [0.2, 0.25) is 0 Å². The Kier molecular flexibility index (Phi) is 6.65. The van der Waals surface area contributed by atoms with Crippen molar-refractivity contribution in [2.24, 2.45) is 11.8 Å². The van der Waals surface area contributed by atoms with Crippen LogP contribution < -0.4 is 4.74 Å². The Balaban J connectivity index is 1.28. The second kappa shape index (κ2) is 9.32. The molecular weight excluding hydrogens is 450 g/mol. The van der Waals surface area contributed by atoms with Gasteiger partial charge in [-0.3, -0.25) is 0 Å². The smallest absolute Gasteiger partial charge is 0.356 e. The minimum Gasteiger partial charge on any atom is -0.489 e. The van der Waals surface area contributed by atoms with Gasteiger partial charge in [-0.1, -0.05) is 23.7 Å². The number of aromatic nitrogens is 2. The van der Waals surface area contributed by atoms with Gasteiger partial charge in [0.05, 0.1) is 23.3 Å². The molecule has 2 aromatic rings. The molecule has 2 heterocycles. The Bertz CT molecular complexity index is 1020. The highest BCUT2D eigenvalue weighted by Crippen LogP contribution is 2.40. The molecule has 0 spiro atoms. The average molecular weight is 478 g/mol. The van der Waals surface area contributed by atoms with E-state index in [9.17, 15) is 14.7 Å². The van der Waals surface area contributed by atoms with Crippen LogP contribution in [0.4, 0.5) is 4.79 Å². The van der Waals surface area contributed by atoms with Gasteiger partial charge in [0.1, 0.15) is 12.4 Å². The first-order valence-corrected chi connectivity index (χ1v) is 11.3. The van der Waals surface area contributed by atoms with Crippen LogP contribution in [0, 0.1) is 11.8 Å². The van der Waals surface area contributed by atoms with E-state index in [2.05, 4.69) is 5.10 Å². The summed E-state index contributed by atoms with van der Waals surface area (Å²) in [6.07, 6.45) is 3.16. The van der Waals surface area contributed by atoms with Crippen molar-refractivity contribution in [2.75, 3.05) is 19.7 Å². The SMILES string of the molecule is CC(C)(O)COc1cccc(CO[C@H]2C[C@@H]3CN(C(=O)n4ccc(C(=O)O)n4)C[C@@H]3C2)c1Cl. The van der Waals surface area contributed by atoms with Gasteiger partial charge >= 0.3 is 12.0 Å². The number of ether oxygens (including phenoxy) is 2. The molecule has 1 aromatic carbocycles. The number of aliphatic hydroxyl groups is 1. The molecule has 3 atom stereocenters. The van der Waals surface area contributed by atoms with E-state index in [0.717, 1.165) is 23.1 Å². The number of benzene rings is 1. The molecule has 33 heavy (non-hydrogen) atoms. The first-order chi connectivity index (χ1) is 15.6. The number of nitrogens with zero attached hydrogens (tertiary/aromatic N) is 3. The molecule has 1 saturated heterocycles. The zero-order chi connectivity index (χ0) is 23.8. The van der Waals surface area contributed by atoms with Gasteiger partial charge < -0.3 is 24.6 Å². The summed E-state index contributed by atoms with van der Waals surface area (Å²) in [4.78, 5) is 25.4. The lowest BCUT2D eigenvalue weighted by Crippen LogP contribution is -2.34. The number of hydrogen-bond donors (Lipinski definition) is 2. The lowest BCUT2D eigenvalue weighted by Gasteiger charge is -2.20. The molecule has 10 heteroatoms. The Morgan fingerprint density at radius 1 is 1.21 bits per heavy atom. The largest absolute Gasteiger partial charge is 0.489 e. The van der Waals surface area contributed by atoms with E-state index in [4.69, 9.17) is 26.2 Å². The number of rotatable bonds is 7. The quantitative estimate of drug-likeness (QED) is 0.628. The lowest BCUT2D eigenvalue weighted by atomic mass is 10.0. The minimum absolute atomic E-state index is 0.0811. The van der Waals surface area contributed by atoms with Crippen molar-refractivity contribution < 1.29 is 29.3 Å². The highest BCUT2D eigenvalue weighted by Gasteiger charge is 2.43. The van der Waals surface area contributed by atoms with E-state index in [1.165, 1.54) is 12.3 Å². The molecule has 1 aliphatic heterocycles. The third-order valence-corrected chi connectivity index (χ3v) is 6.51. The van der Waals surface area contributed by atoms with Gasteiger partial charge in [0.25, 0.3) is 0 Å². The fourth-order valence-corrected chi connectivity index (χ4v) is 4.70. The van der Waals surface area contributed by atoms with Crippen molar-refractivity contribution in [2.45, 2.75) is 45.0 Å². The molecule has 0 radical (unpaired) electrons. The number of aromatic carboxylic acids is 1. The third-order valence-electron chi connectivity index (χ3n) is 6.08. The van der Waals surface area contributed by atoms with Crippen LogP contribution in [-0.2, 0) is 11.3 Å². The van der Waals surface area contributed by atoms with Gasteiger partial charge in [0.15, 0.2) is 5.69 Å². The van der Waals surface area contributed by atoms with Crippen molar-refractivity contribution in [3.05, 3.63) is 46.7 Å². The number of carbonyl (C=O) groups excluding carboxylic acids is 1. The predicted octanol–water partition coefficient (Wildman–Crippen LogP) is 3.28. The van der Waals surface area contributed by atoms with Crippen molar-refractivity contribution >= 4 is 23.6 Å². The fraction of sp³-hybridized carbons (Fsp3) is 0.522. The number of likely N-dealkylation sites (tertiary alicyclic amines) is 1. The molecule has 2 N–H and O–H groups in total. The van der Waals surface area contributed by atoms with Crippen LogP contribution in [0.2, 0.25) is 5.02 Å². The maximum atomic E-state index is 12.7. The third kappa shape index (κ3) is 5.48. The lowest BCUT2D eigenvalue weighted by molar-refractivity contribution is 0.0279. The van der Waals surface area contributed by atoms with E-state index >= 15 is 0 Å². The Labute approximate surface area is 196 Å². The highest BCUT2D eigenvalue weighted by atomic mass is 35.5. The zero-order valence-electron chi connectivity index (χ0n) is 18.6. The summed E-state index contributed by atoms with van der Waals surface area (Å²) >= 11 is 6.48. The monoisotopic (exact) mass is 477 g/mol. The van der Waals surface area contributed by atoms with Crippen LogP contribution in [-0.4, -0.2) is 68.3 Å². The maximum absolute atomic E-state index is 12.7. The van der Waals surface area contributed by atoms with Gasteiger partial charge in [0, 0.05) is 24.8 Å². The topological polar surface area (TPSA) is 114 Å². The molecule has 2 fully saturated rings. The normalized spacial score (nSPS) is 22.4. The fourth-order valence-electron chi connectivity index (χ4n) is 4.47. The van der Waals surface area contributed by atoms with Crippen LogP contribution in [0.5, 0.6) is 5.75 Å². The van der Waals surface area contributed by atoms with E-state index in [1.54, 1.807) is 24.8 Å². The van der Waals surface area contributed by atoms with Crippen LogP contribution >= 0.6 is 11.6 Å².